The molecule has 0 saturated heterocycles. The summed E-state index contributed by atoms with van der Waals surface area (Å²) in [5.74, 6) is 0. The van der Waals surface area contributed by atoms with E-state index in [2.05, 4.69) is 17.2 Å². The number of carbonyl (C=O) groups excluding carboxylic acids is 1. The monoisotopic (exact) mass is 181 g/mol. The lowest BCUT2D eigenvalue weighted by atomic mass is 10.2. The fourth-order valence-electron chi connectivity index (χ4n) is 1.31. The number of hydrogen-bond acceptors (Lipinski definition) is 3. The Morgan fingerprint density at radius 1 is 1.54 bits per heavy atom. The minimum Gasteiger partial charge on any atom is -0.296 e. The van der Waals surface area contributed by atoms with Gasteiger partial charge in [0.25, 0.3) is 0 Å². The average molecular weight is 181 g/mol. The molecule has 72 valence electrons. The first-order valence-corrected chi connectivity index (χ1v) is 4.60. The lowest BCUT2D eigenvalue weighted by Gasteiger charge is -2.08. The number of hydrogen-bond donors (Lipinski definition) is 0. The molecule has 0 aliphatic rings. The van der Waals surface area contributed by atoms with E-state index in [4.69, 9.17) is 0 Å². The molecule has 1 aromatic heterocycles. The Hall–Kier alpha value is -1.19. The van der Waals surface area contributed by atoms with Crippen molar-refractivity contribution in [3.63, 3.8) is 0 Å². The van der Waals surface area contributed by atoms with Crippen molar-refractivity contribution in [1.29, 1.82) is 0 Å². The molecular formula is C9H15N3O. The van der Waals surface area contributed by atoms with Crippen molar-refractivity contribution in [1.82, 2.24) is 15.0 Å². The summed E-state index contributed by atoms with van der Waals surface area (Å²) < 4.78 is 1.81. The van der Waals surface area contributed by atoms with Gasteiger partial charge in [0.15, 0.2) is 6.29 Å². The van der Waals surface area contributed by atoms with Gasteiger partial charge in [-0.15, -0.1) is 5.10 Å². The topological polar surface area (TPSA) is 47.8 Å². The highest BCUT2D eigenvalue weighted by atomic mass is 16.1. The molecule has 1 aromatic rings. The molecule has 0 fully saturated rings. The van der Waals surface area contributed by atoms with Crippen molar-refractivity contribution in [2.75, 3.05) is 0 Å². The van der Waals surface area contributed by atoms with Crippen LogP contribution < -0.4 is 0 Å². The highest BCUT2D eigenvalue weighted by molar-refractivity contribution is 5.73. The minimum atomic E-state index is 0.266. The van der Waals surface area contributed by atoms with Crippen molar-refractivity contribution in [2.45, 2.75) is 39.7 Å². The summed E-state index contributed by atoms with van der Waals surface area (Å²) in [4.78, 5) is 10.6. The summed E-state index contributed by atoms with van der Waals surface area (Å²) in [6.45, 7) is 6.14. The summed E-state index contributed by atoms with van der Waals surface area (Å²) >= 11 is 0. The molecular weight excluding hydrogens is 166 g/mol. The molecule has 4 nitrogen and oxygen atoms in total. The van der Waals surface area contributed by atoms with E-state index in [1.807, 2.05) is 18.5 Å². The van der Waals surface area contributed by atoms with Gasteiger partial charge in [-0.3, -0.25) is 4.79 Å². The molecule has 0 radical (unpaired) electrons. The third kappa shape index (κ3) is 1.94. The molecule has 0 aromatic carbocycles. The third-order valence-electron chi connectivity index (χ3n) is 1.91. The highest BCUT2D eigenvalue weighted by Crippen LogP contribution is 2.11. The zero-order valence-electron chi connectivity index (χ0n) is 8.32. The Bertz CT molecular complexity index is 291. The molecule has 0 N–H and O–H groups in total. The minimum absolute atomic E-state index is 0.266. The number of rotatable bonds is 4. The molecule has 4 heteroatoms. The Balaban J connectivity index is 3.05. The van der Waals surface area contributed by atoms with E-state index >= 15 is 0 Å². The van der Waals surface area contributed by atoms with Crippen LogP contribution in [0.15, 0.2) is 0 Å². The quantitative estimate of drug-likeness (QED) is 0.663. The maximum absolute atomic E-state index is 10.6. The normalized spacial score (nSPS) is 10.8. The van der Waals surface area contributed by atoms with Gasteiger partial charge in [-0.25, -0.2) is 4.68 Å². The van der Waals surface area contributed by atoms with Gasteiger partial charge < -0.3 is 0 Å². The van der Waals surface area contributed by atoms with Crippen LogP contribution in [-0.2, 0) is 6.42 Å². The van der Waals surface area contributed by atoms with Crippen LogP contribution in [-0.4, -0.2) is 21.3 Å². The second-order valence-corrected chi connectivity index (χ2v) is 3.33. The van der Waals surface area contributed by atoms with Crippen molar-refractivity contribution in [3.8, 4) is 0 Å². The molecule has 0 amide bonds. The highest BCUT2D eigenvalue weighted by Gasteiger charge is 2.12. The second-order valence-electron chi connectivity index (χ2n) is 3.33. The van der Waals surface area contributed by atoms with Crippen LogP contribution in [0.4, 0.5) is 0 Å². The summed E-state index contributed by atoms with van der Waals surface area (Å²) in [5, 5.41) is 7.76. The van der Waals surface area contributed by atoms with Crippen molar-refractivity contribution >= 4 is 6.29 Å². The average Bonchev–Trinajstić information content (AvgIpc) is 2.48. The van der Waals surface area contributed by atoms with Crippen LogP contribution in [0.5, 0.6) is 0 Å². The Morgan fingerprint density at radius 3 is 2.69 bits per heavy atom. The maximum Gasteiger partial charge on any atom is 0.172 e. The van der Waals surface area contributed by atoms with E-state index in [0.29, 0.717) is 5.69 Å². The summed E-state index contributed by atoms with van der Waals surface area (Å²) in [6, 6.07) is 0.266. The van der Waals surface area contributed by atoms with Gasteiger partial charge >= 0.3 is 0 Å². The number of carbonyl (C=O) groups is 1. The van der Waals surface area contributed by atoms with Gasteiger partial charge in [0.2, 0.25) is 0 Å². The second kappa shape index (κ2) is 4.16. The first kappa shape index (κ1) is 9.89. The summed E-state index contributed by atoms with van der Waals surface area (Å²) in [7, 11) is 0. The lowest BCUT2D eigenvalue weighted by Crippen LogP contribution is -2.08. The number of aromatic nitrogens is 3. The summed E-state index contributed by atoms with van der Waals surface area (Å²) in [5.41, 5.74) is 1.43. The van der Waals surface area contributed by atoms with Crippen LogP contribution in [0.2, 0.25) is 0 Å². The Kier molecular flexibility index (Phi) is 3.17. The molecule has 13 heavy (non-hydrogen) atoms. The van der Waals surface area contributed by atoms with Crippen molar-refractivity contribution in [2.24, 2.45) is 0 Å². The van der Waals surface area contributed by atoms with Gasteiger partial charge in [0.05, 0.1) is 5.69 Å². The maximum atomic E-state index is 10.6. The smallest absolute Gasteiger partial charge is 0.172 e. The van der Waals surface area contributed by atoms with Gasteiger partial charge in [0, 0.05) is 6.04 Å². The van der Waals surface area contributed by atoms with Crippen LogP contribution in [0.1, 0.15) is 49.4 Å². The van der Waals surface area contributed by atoms with E-state index in [9.17, 15) is 4.79 Å². The molecule has 1 heterocycles. The predicted octanol–water partition coefficient (Wildman–Crippen LogP) is 1.62. The van der Waals surface area contributed by atoms with E-state index in [1.54, 1.807) is 0 Å². The van der Waals surface area contributed by atoms with Crippen molar-refractivity contribution in [3.05, 3.63) is 11.4 Å². The SMILES string of the molecule is CCCc1c(C=O)nnn1C(C)C. The molecule has 1 rings (SSSR count). The molecule has 0 spiro atoms. The van der Waals surface area contributed by atoms with Crippen LogP contribution in [0, 0.1) is 0 Å². The number of nitrogens with zero attached hydrogens (tertiary/aromatic N) is 3. The lowest BCUT2D eigenvalue weighted by molar-refractivity contribution is 0.111. The van der Waals surface area contributed by atoms with Gasteiger partial charge in [-0.2, -0.15) is 0 Å². The van der Waals surface area contributed by atoms with Crippen molar-refractivity contribution < 1.29 is 4.79 Å². The fraction of sp³-hybridized carbons (Fsp3) is 0.667. The fourth-order valence-corrected chi connectivity index (χ4v) is 1.31. The molecule has 0 aliphatic heterocycles. The Labute approximate surface area is 77.9 Å². The molecule has 0 aliphatic carbocycles. The third-order valence-corrected chi connectivity index (χ3v) is 1.91. The molecule has 0 saturated carbocycles. The van der Waals surface area contributed by atoms with E-state index in [-0.39, 0.29) is 6.04 Å². The van der Waals surface area contributed by atoms with Crippen LogP contribution in [0.3, 0.4) is 0 Å². The zero-order chi connectivity index (χ0) is 9.84. The van der Waals surface area contributed by atoms with Crippen LogP contribution in [0.25, 0.3) is 0 Å². The summed E-state index contributed by atoms with van der Waals surface area (Å²) in [6.07, 6.45) is 2.64. The van der Waals surface area contributed by atoms with E-state index < -0.39 is 0 Å². The van der Waals surface area contributed by atoms with E-state index in [1.165, 1.54) is 0 Å². The molecule has 0 unspecified atom stereocenters. The first-order chi connectivity index (χ1) is 6.20. The van der Waals surface area contributed by atoms with Gasteiger partial charge in [-0.1, -0.05) is 18.6 Å². The zero-order valence-corrected chi connectivity index (χ0v) is 8.32. The molecule has 0 atom stereocenters. The van der Waals surface area contributed by atoms with Gasteiger partial charge in [0.1, 0.15) is 5.69 Å². The Morgan fingerprint density at radius 2 is 2.23 bits per heavy atom. The largest absolute Gasteiger partial charge is 0.296 e. The number of aldehydes is 1. The van der Waals surface area contributed by atoms with Gasteiger partial charge in [-0.05, 0) is 20.3 Å². The standard InChI is InChI=1S/C9H15N3O/c1-4-5-9-8(6-13)10-11-12(9)7(2)3/h6-7H,4-5H2,1-3H3. The molecule has 0 bridgehead atoms. The predicted molar refractivity (Wildman–Crippen MR) is 49.8 cm³/mol. The first-order valence-electron chi connectivity index (χ1n) is 4.60. The van der Waals surface area contributed by atoms with Crippen LogP contribution >= 0.6 is 0 Å². The van der Waals surface area contributed by atoms with E-state index in [0.717, 1.165) is 24.8 Å².